The normalized spacial score (nSPS) is 11.2. The molecule has 0 unspecified atom stereocenters. The fourth-order valence-electron chi connectivity index (χ4n) is 2.50. The lowest BCUT2D eigenvalue weighted by molar-refractivity contribution is 0.474. The van der Waals surface area contributed by atoms with Gasteiger partial charge in [-0.25, -0.2) is 4.98 Å². The highest BCUT2D eigenvalue weighted by atomic mass is 32.1. The maximum Gasteiger partial charge on any atom is 0.204 e. The highest BCUT2D eigenvalue weighted by Gasteiger charge is 2.06. The minimum atomic E-state index is 0.217. The maximum absolute atomic E-state index is 10.2. The third kappa shape index (κ3) is 3.49. The summed E-state index contributed by atoms with van der Waals surface area (Å²) in [5.41, 5.74) is 5.55. The van der Waals surface area contributed by atoms with Crippen LogP contribution in [0.1, 0.15) is 19.4 Å². The summed E-state index contributed by atoms with van der Waals surface area (Å²) in [6.07, 6.45) is 1.60. The van der Waals surface area contributed by atoms with Crippen molar-refractivity contribution in [1.82, 2.24) is 4.98 Å². The van der Waals surface area contributed by atoms with Crippen LogP contribution in [0.3, 0.4) is 0 Å². The highest BCUT2D eigenvalue weighted by molar-refractivity contribution is 7.22. The van der Waals surface area contributed by atoms with E-state index in [1.54, 1.807) is 23.6 Å². The average molecular weight is 340 g/mol. The molecule has 0 radical (unpaired) electrons. The third-order valence-corrected chi connectivity index (χ3v) is 4.74. The van der Waals surface area contributed by atoms with E-state index in [4.69, 9.17) is 0 Å². The van der Waals surface area contributed by atoms with Crippen LogP contribution in [0, 0.1) is 0 Å². The Labute approximate surface area is 145 Å². The van der Waals surface area contributed by atoms with Gasteiger partial charge in [0, 0.05) is 30.4 Å². The molecule has 6 heteroatoms. The Bertz CT molecular complexity index is 822. The predicted molar refractivity (Wildman–Crippen MR) is 103 cm³/mol. The lowest BCUT2D eigenvalue weighted by atomic mass is 10.2. The average Bonchev–Trinajstić information content (AvgIpc) is 3.00. The van der Waals surface area contributed by atoms with Crippen molar-refractivity contribution in [3.05, 3.63) is 48.0 Å². The molecule has 1 heterocycles. The van der Waals surface area contributed by atoms with Gasteiger partial charge in [-0.3, -0.25) is 5.43 Å². The molecule has 5 nitrogen and oxygen atoms in total. The molecule has 0 atom stereocenters. The van der Waals surface area contributed by atoms with Crippen LogP contribution in [0.25, 0.3) is 10.2 Å². The molecular formula is C18H20N4OS. The van der Waals surface area contributed by atoms with Gasteiger partial charge in [-0.15, -0.1) is 0 Å². The Hall–Kier alpha value is -2.60. The van der Waals surface area contributed by atoms with E-state index in [1.165, 1.54) is 0 Å². The van der Waals surface area contributed by atoms with Gasteiger partial charge in [0.05, 0.1) is 16.4 Å². The molecule has 2 N–H and O–H groups in total. The largest absolute Gasteiger partial charge is 0.507 e. The van der Waals surface area contributed by atoms with E-state index in [0.717, 1.165) is 34.1 Å². The van der Waals surface area contributed by atoms with Crippen molar-refractivity contribution in [2.45, 2.75) is 13.8 Å². The summed E-state index contributed by atoms with van der Waals surface area (Å²) in [5.74, 6) is 0.217. The Morgan fingerprint density at radius 3 is 2.71 bits per heavy atom. The molecule has 0 aliphatic carbocycles. The number of hydrogen-bond acceptors (Lipinski definition) is 6. The first kappa shape index (κ1) is 16.3. The quantitative estimate of drug-likeness (QED) is 0.519. The molecule has 124 valence electrons. The van der Waals surface area contributed by atoms with Crippen LogP contribution in [0.2, 0.25) is 0 Å². The second-order valence-corrected chi connectivity index (χ2v) is 6.30. The number of nitrogens with one attached hydrogen (secondary N) is 1. The van der Waals surface area contributed by atoms with Gasteiger partial charge in [0.2, 0.25) is 5.13 Å². The van der Waals surface area contributed by atoms with Crippen LogP contribution in [0.4, 0.5) is 10.8 Å². The van der Waals surface area contributed by atoms with Crippen LogP contribution >= 0.6 is 11.3 Å². The van der Waals surface area contributed by atoms with Gasteiger partial charge in [-0.1, -0.05) is 23.5 Å². The number of nitrogens with zero attached hydrogens (tertiary/aromatic N) is 3. The molecular weight excluding hydrogens is 320 g/mol. The zero-order chi connectivity index (χ0) is 16.9. The number of rotatable bonds is 6. The van der Waals surface area contributed by atoms with Crippen LogP contribution in [-0.4, -0.2) is 29.4 Å². The predicted octanol–water partition coefficient (Wildman–Crippen LogP) is 4.29. The number of anilines is 2. The second-order valence-electron chi connectivity index (χ2n) is 5.27. The van der Waals surface area contributed by atoms with E-state index in [2.05, 4.69) is 34.3 Å². The van der Waals surface area contributed by atoms with E-state index in [0.29, 0.717) is 5.56 Å². The minimum absolute atomic E-state index is 0.217. The standard InChI is InChI=1S/C18H20N4OS/c1-3-22(4-2)14-10-9-13(16(23)11-14)12-19-21-18-20-15-7-5-6-8-17(15)24-18/h5-12,23H,3-4H2,1-2H3,(H,20,21). The van der Waals surface area contributed by atoms with Gasteiger partial charge in [-0.05, 0) is 38.1 Å². The number of thiazole rings is 1. The summed E-state index contributed by atoms with van der Waals surface area (Å²) in [5, 5.41) is 15.1. The number of aromatic nitrogens is 1. The van der Waals surface area contributed by atoms with Crippen LogP contribution < -0.4 is 10.3 Å². The van der Waals surface area contributed by atoms with Crippen LogP contribution in [-0.2, 0) is 0 Å². The number of benzene rings is 2. The number of phenols is 1. The number of aromatic hydroxyl groups is 1. The first-order valence-corrected chi connectivity index (χ1v) is 8.75. The Morgan fingerprint density at radius 1 is 1.21 bits per heavy atom. The number of hydrogen-bond donors (Lipinski definition) is 2. The lowest BCUT2D eigenvalue weighted by Crippen LogP contribution is -2.21. The van der Waals surface area contributed by atoms with Gasteiger partial charge in [-0.2, -0.15) is 5.10 Å². The minimum Gasteiger partial charge on any atom is -0.507 e. The van der Waals surface area contributed by atoms with E-state index >= 15 is 0 Å². The number of para-hydroxylation sites is 1. The molecule has 1 aromatic heterocycles. The molecule has 0 aliphatic rings. The summed E-state index contributed by atoms with van der Waals surface area (Å²) >= 11 is 1.54. The van der Waals surface area contributed by atoms with Crippen molar-refractivity contribution in [3.63, 3.8) is 0 Å². The number of phenolic OH excluding ortho intramolecular Hbond substituents is 1. The molecule has 0 bridgehead atoms. The molecule has 2 aromatic carbocycles. The Morgan fingerprint density at radius 2 is 2.00 bits per heavy atom. The topological polar surface area (TPSA) is 60.8 Å². The lowest BCUT2D eigenvalue weighted by Gasteiger charge is -2.21. The van der Waals surface area contributed by atoms with E-state index < -0.39 is 0 Å². The fraction of sp³-hybridized carbons (Fsp3) is 0.222. The van der Waals surface area contributed by atoms with Gasteiger partial charge in [0.25, 0.3) is 0 Å². The maximum atomic E-state index is 10.2. The third-order valence-electron chi connectivity index (χ3n) is 3.80. The van der Waals surface area contributed by atoms with E-state index in [9.17, 15) is 5.11 Å². The molecule has 0 amide bonds. The van der Waals surface area contributed by atoms with Gasteiger partial charge >= 0.3 is 0 Å². The SMILES string of the molecule is CCN(CC)c1ccc(C=NNc2nc3ccccc3s2)c(O)c1. The van der Waals surface area contributed by atoms with Crippen molar-refractivity contribution in [2.75, 3.05) is 23.4 Å². The van der Waals surface area contributed by atoms with Crippen molar-refractivity contribution in [3.8, 4) is 5.75 Å². The molecule has 0 fully saturated rings. The van der Waals surface area contributed by atoms with E-state index in [1.807, 2.05) is 36.4 Å². The van der Waals surface area contributed by atoms with Crippen molar-refractivity contribution < 1.29 is 5.11 Å². The zero-order valence-corrected chi connectivity index (χ0v) is 14.5. The summed E-state index contributed by atoms with van der Waals surface area (Å²) in [6, 6.07) is 13.6. The van der Waals surface area contributed by atoms with Crippen molar-refractivity contribution in [2.24, 2.45) is 5.10 Å². The number of fused-ring (bicyclic) bond motifs is 1. The van der Waals surface area contributed by atoms with Gasteiger partial charge in [0.15, 0.2) is 0 Å². The van der Waals surface area contributed by atoms with Crippen LogP contribution in [0.5, 0.6) is 5.75 Å². The zero-order valence-electron chi connectivity index (χ0n) is 13.7. The summed E-state index contributed by atoms with van der Waals surface area (Å²) in [4.78, 5) is 6.63. The van der Waals surface area contributed by atoms with Crippen molar-refractivity contribution >= 4 is 38.6 Å². The first-order chi connectivity index (χ1) is 11.7. The number of hydrazone groups is 1. The van der Waals surface area contributed by atoms with Crippen molar-refractivity contribution in [1.29, 1.82) is 0 Å². The summed E-state index contributed by atoms with van der Waals surface area (Å²) < 4.78 is 1.11. The molecule has 0 spiro atoms. The van der Waals surface area contributed by atoms with Gasteiger partial charge in [0.1, 0.15) is 5.75 Å². The molecule has 3 rings (SSSR count). The van der Waals surface area contributed by atoms with Gasteiger partial charge < -0.3 is 10.0 Å². The first-order valence-electron chi connectivity index (χ1n) is 7.94. The monoisotopic (exact) mass is 340 g/mol. The second kappa shape index (κ2) is 7.31. The molecule has 0 saturated heterocycles. The Balaban J connectivity index is 1.72. The molecule has 0 aliphatic heterocycles. The van der Waals surface area contributed by atoms with Crippen LogP contribution in [0.15, 0.2) is 47.6 Å². The summed E-state index contributed by atoms with van der Waals surface area (Å²) in [6.45, 7) is 6.00. The molecule has 24 heavy (non-hydrogen) atoms. The Kier molecular flexibility index (Phi) is 4.96. The smallest absolute Gasteiger partial charge is 0.204 e. The summed E-state index contributed by atoms with van der Waals surface area (Å²) in [7, 11) is 0. The van der Waals surface area contributed by atoms with E-state index in [-0.39, 0.29) is 5.75 Å². The molecule has 3 aromatic rings. The molecule has 0 saturated carbocycles. The highest BCUT2D eigenvalue weighted by Crippen LogP contribution is 2.26. The fourth-order valence-corrected chi connectivity index (χ4v) is 3.32.